The van der Waals surface area contributed by atoms with Crippen molar-refractivity contribution in [2.75, 3.05) is 40.4 Å². The van der Waals surface area contributed by atoms with Gasteiger partial charge in [-0.05, 0) is 37.4 Å². The van der Waals surface area contributed by atoms with Crippen LogP contribution < -0.4 is 9.47 Å². The van der Waals surface area contributed by atoms with Gasteiger partial charge in [-0.25, -0.2) is 4.79 Å². The number of nitrogens with zero attached hydrogens (tertiary/aromatic N) is 2. The molecule has 2 aliphatic rings. The zero-order valence-corrected chi connectivity index (χ0v) is 16.3. The Kier molecular flexibility index (Phi) is 5.60. The SMILES string of the molecule is CCCN1CCC2(CCN(Cc3ccc(OC)c(OC)c3C(=O)O)C2)C1=O. The largest absolute Gasteiger partial charge is 0.493 e. The Bertz CT molecular complexity index is 735. The fraction of sp³-hybridized carbons (Fsp3) is 0.600. The molecule has 27 heavy (non-hydrogen) atoms. The van der Waals surface area contributed by atoms with Crippen LogP contribution in [0.3, 0.4) is 0 Å². The third kappa shape index (κ3) is 3.48. The molecular formula is C20H28N2O5. The highest BCUT2D eigenvalue weighted by atomic mass is 16.5. The van der Waals surface area contributed by atoms with E-state index in [-0.39, 0.29) is 22.6 Å². The average Bonchev–Trinajstić information content (AvgIpc) is 3.20. The van der Waals surface area contributed by atoms with E-state index in [1.807, 2.05) is 4.90 Å². The molecule has 0 aliphatic carbocycles. The minimum absolute atomic E-state index is 0.128. The molecule has 1 unspecified atom stereocenters. The molecule has 7 nitrogen and oxygen atoms in total. The predicted octanol–water partition coefficient (Wildman–Crippen LogP) is 2.24. The number of carboxylic acid groups (broad SMARTS) is 1. The van der Waals surface area contributed by atoms with Crippen molar-refractivity contribution in [2.45, 2.75) is 32.7 Å². The maximum absolute atomic E-state index is 12.8. The number of ether oxygens (including phenoxy) is 2. The number of aromatic carboxylic acids is 1. The number of benzene rings is 1. The molecule has 0 aromatic heterocycles. The molecule has 2 heterocycles. The third-order valence-corrected chi connectivity index (χ3v) is 5.77. The number of rotatable bonds is 7. The molecule has 3 rings (SSSR count). The summed E-state index contributed by atoms with van der Waals surface area (Å²) in [5.41, 5.74) is 0.506. The molecule has 7 heteroatoms. The fourth-order valence-corrected chi connectivity index (χ4v) is 4.42. The van der Waals surface area contributed by atoms with Gasteiger partial charge in [0.25, 0.3) is 0 Å². The van der Waals surface area contributed by atoms with Crippen molar-refractivity contribution in [3.8, 4) is 11.5 Å². The van der Waals surface area contributed by atoms with Crippen LogP contribution in [0.25, 0.3) is 0 Å². The molecule has 2 fully saturated rings. The number of carbonyl (C=O) groups is 2. The molecule has 0 radical (unpaired) electrons. The number of methoxy groups -OCH3 is 2. The Labute approximate surface area is 159 Å². The minimum Gasteiger partial charge on any atom is -0.493 e. The van der Waals surface area contributed by atoms with Crippen LogP contribution in [0.5, 0.6) is 11.5 Å². The molecule has 2 aliphatic heterocycles. The van der Waals surface area contributed by atoms with E-state index in [4.69, 9.17) is 9.47 Å². The first kappa shape index (κ1) is 19.5. The summed E-state index contributed by atoms with van der Waals surface area (Å²) >= 11 is 0. The first-order valence-corrected chi connectivity index (χ1v) is 9.44. The number of carboxylic acids is 1. The standard InChI is InChI=1S/C20H28N2O5/c1-4-9-22-11-8-20(19(22)25)7-10-21(13-20)12-14-5-6-15(26-2)17(27-3)16(14)18(23)24/h5-6H,4,7-13H2,1-3H3,(H,23,24). The van der Waals surface area contributed by atoms with Gasteiger partial charge in [0, 0.05) is 26.2 Å². The van der Waals surface area contributed by atoms with Crippen LogP contribution >= 0.6 is 0 Å². The zero-order chi connectivity index (χ0) is 19.6. The molecule has 1 N–H and O–H groups in total. The Morgan fingerprint density at radius 3 is 2.59 bits per heavy atom. The molecule has 0 bridgehead atoms. The Morgan fingerprint density at radius 1 is 1.22 bits per heavy atom. The molecule has 1 amide bonds. The topological polar surface area (TPSA) is 79.3 Å². The molecule has 1 atom stereocenters. The van der Waals surface area contributed by atoms with E-state index in [1.165, 1.54) is 14.2 Å². The number of hydrogen-bond acceptors (Lipinski definition) is 5. The van der Waals surface area contributed by atoms with Gasteiger partial charge in [-0.15, -0.1) is 0 Å². The number of likely N-dealkylation sites (tertiary alicyclic amines) is 2. The van der Waals surface area contributed by atoms with E-state index in [1.54, 1.807) is 12.1 Å². The second kappa shape index (κ2) is 7.76. The lowest BCUT2D eigenvalue weighted by atomic mass is 9.85. The Morgan fingerprint density at radius 2 is 1.96 bits per heavy atom. The lowest BCUT2D eigenvalue weighted by Gasteiger charge is -2.24. The highest BCUT2D eigenvalue weighted by Crippen LogP contribution is 2.42. The van der Waals surface area contributed by atoms with E-state index >= 15 is 0 Å². The monoisotopic (exact) mass is 376 g/mol. The predicted molar refractivity (Wildman–Crippen MR) is 100 cm³/mol. The molecule has 1 aromatic rings. The number of carbonyl (C=O) groups excluding carboxylic acids is 1. The molecule has 2 saturated heterocycles. The number of amides is 1. The van der Waals surface area contributed by atoms with Crippen molar-refractivity contribution < 1.29 is 24.2 Å². The van der Waals surface area contributed by atoms with Gasteiger partial charge in [-0.3, -0.25) is 9.69 Å². The highest BCUT2D eigenvalue weighted by Gasteiger charge is 2.50. The molecule has 0 saturated carbocycles. The minimum atomic E-state index is -1.04. The van der Waals surface area contributed by atoms with E-state index in [2.05, 4.69) is 11.8 Å². The van der Waals surface area contributed by atoms with Crippen LogP contribution in [0.4, 0.5) is 0 Å². The van der Waals surface area contributed by atoms with Gasteiger partial charge < -0.3 is 19.5 Å². The molecule has 148 valence electrons. The Hall–Kier alpha value is -2.28. The highest BCUT2D eigenvalue weighted by molar-refractivity contribution is 5.94. The van der Waals surface area contributed by atoms with E-state index < -0.39 is 5.97 Å². The van der Waals surface area contributed by atoms with Gasteiger partial charge >= 0.3 is 5.97 Å². The van der Waals surface area contributed by atoms with Crippen LogP contribution in [0.1, 0.15) is 42.1 Å². The van der Waals surface area contributed by atoms with Crippen LogP contribution in [0.2, 0.25) is 0 Å². The van der Waals surface area contributed by atoms with E-state index in [0.717, 1.165) is 38.9 Å². The normalized spacial score (nSPS) is 22.6. The van der Waals surface area contributed by atoms with Crippen molar-refractivity contribution in [1.82, 2.24) is 9.80 Å². The first-order valence-electron chi connectivity index (χ1n) is 9.44. The van der Waals surface area contributed by atoms with Gasteiger partial charge in [-0.1, -0.05) is 13.0 Å². The first-order chi connectivity index (χ1) is 13.0. The summed E-state index contributed by atoms with van der Waals surface area (Å²) in [4.78, 5) is 28.8. The van der Waals surface area contributed by atoms with Gasteiger partial charge in [0.1, 0.15) is 5.56 Å². The summed E-state index contributed by atoms with van der Waals surface area (Å²) in [6, 6.07) is 3.51. The van der Waals surface area contributed by atoms with Crippen LogP contribution in [0.15, 0.2) is 12.1 Å². The van der Waals surface area contributed by atoms with Gasteiger partial charge in [0.15, 0.2) is 11.5 Å². The summed E-state index contributed by atoms with van der Waals surface area (Å²) in [5.74, 6) is -0.140. The van der Waals surface area contributed by atoms with Crippen molar-refractivity contribution in [2.24, 2.45) is 5.41 Å². The second-order valence-electron chi connectivity index (χ2n) is 7.42. The smallest absolute Gasteiger partial charge is 0.339 e. The van der Waals surface area contributed by atoms with Crippen LogP contribution in [0, 0.1) is 5.41 Å². The lowest BCUT2D eigenvalue weighted by Crippen LogP contribution is -2.37. The van der Waals surface area contributed by atoms with E-state index in [9.17, 15) is 14.7 Å². The number of hydrogen-bond donors (Lipinski definition) is 1. The summed E-state index contributed by atoms with van der Waals surface area (Å²) in [6.07, 6.45) is 2.70. The molecule has 1 aromatic carbocycles. The Balaban J connectivity index is 1.79. The van der Waals surface area contributed by atoms with E-state index in [0.29, 0.717) is 24.4 Å². The summed E-state index contributed by atoms with van der Waals surface area (Å²) in [6.45, 7) is 5.68. The van der Waals surface area contributed by atoms with Crippen LogP contribution in [-0.4, -0.2) is 67.2 Å². The van der Waals surface area contributed by atoms with Crippen molar-refractivity contribution >= 4 is 11.9 Å². The van der Waals surface area contributed by atoms with Crippen molar-refractivity contribution in [1.29, 1.82) is 0 Å². The second-order valence-corrected chi connectivity index (χ2v) is 7.42. The summed E-state index contributed by atoms with van der Waals surface area (Å²) in [7, 11) is 2.93. The summed E-state index contributed by atoms with van der Waals surface area (Å²) in [5, 5.41) is 9.70. The average molecular weight is 376 g/mol. The molecular weight excluding hydrogens is 348 g/mol. The van der Waals surface area contributed by atoms with Crippen LogP contribution in [-0.2, 0) is 11.3 Å². The molecule has 1 spiro atoms. The lowest BCUT2D eigenvalue weighted by molar-refractivity contribution is -0.135. The van der Waals surface area contributed by atoms with Gasteiger partial charge in [0.2, 0.25) is 5.91 Å². The van der Waals surface area contributed by atoms with Gasteiger partial charge in [-0.2, -0.15) is 0 Å². The summed E-state index contributed by atoms with van der Waals surface area (Å²) < 4.78 is 10.5. The quantitative estimate of drug-likeness (QED) is 0.786. The van der Waals surface area contributed by atoms with Crippen molar-refractivity contribution in [3.05, 3.63) is 23.3 Å². The maximum Gasteiger partial charge on any atom is 0.339 e. The van der Waals surface area contributed by atoms with Gasteiger partial charge in [0.05, 0.1) is 19.6 Å². The van der Waals surface area contributed by atoms with Crippen molar-refractivity contribution in [3.63, 3.8) is 0 Å². The maximum atomic E-state index is 12.8. The zero-order valence-electron chi connectivity index (χ0n) is 16.3. The fourth-order valence-electron chi connectivity index (χ4n) is 4.42. The third-order valence-electron chi connectivity index (χ3n) is 5.77.